The third-order valence-electron chi connectivity index (χ3n) is 3.82. The van der Waals surface area contributed by atoms with Crippen molar-refractivity contribution in [3.8, 4) is 0 Å². The number of hydrogen-bond donors (Lipinski definition) is 1. The number of benzene rings is 2. The average molecular weight is 326 g/mol. The lowest BCUT2D eigenvalue weighted by Crippen LogP contribution is -2.43. The van der Waals surface area contributed by atoms with E-state index >= 15 is 0 Å². The van der Waals surface area contributed by atoms with E-state index in [1.165, 1.54) is 11.1 Å². The zero-order valence-electron chi connectivity index (χ0n) is 12.9. The van der Waals surface area contributed by atoms with Crippen molar-refractivity contribution >= 4 is 35.0 Å². The minimum absolute atomic E-state index is 0.0362. The van der Waals surface area contributed by atoms with Crippen LogP contribution in [-0.2, 0) is 15.3 Å². The van der Waals surface area contributed by atoms with E-state index in [0.29, 0.717) is 11.4 Å². The number of carbonyl (C=O) groups excluding carboxylic acids is 2. The largest absolute Gasteiger partial charge is 0.323 e. The van der Waals surface area contributed by atoms with Crippen molar-refractivity contribution in [3.63, 3.8) is 0 Å². The van der Waals surface area contributed by atoms with Gasteiger partial charge >= 0.3 is 0 Å². The van der Waals surface area contributed by atoms with E-state index in [2.05, 4.69) is 24.4 Å². The molecular formula is C18H18N2O2S. The number of nitrogens with one attached hydrogen (secondary N) is 1. The van der Waals surface area contributed by atoms with Crippen molar-refractivity contribution in [1.29, 1.82) is 0 Å². The summed E-state index contributed by atoms with van der Waals surface area (Å²) in [4.78, 5) is 25.8. The Labute approximate surface area is 139 Å². The zero-order valence-corrected chi connectivity index (χ0v) is 13.7. The Hall–Kier alpha value is -2.27. The van der Waals surface area contributed by atoms with Crippen LogP contribution in [-0.4, -0.2) is 24.1 Å². The van der Waals surface area contributed by atoms with Gasteiger partial charge in [0, 0.05) is 5.75 Å². The van der Waals surface area contributed by atoms with E-state index < -0.39 is 0 Å². The highest BCUT2D eigenvalue weighted by molar-refractivity contribution is 7.99. The Balaban J connectivity index is 1.65. The highest BCUT2D eigenvalue weighted by atomic mass is 32.2. The first kappa shape index (κ1) is 15.6. The van der Waals surface area contributed by atoms with Gasteiger partial charge in [-0.15, -0.1) is 11.8 Å². The summed E-state index contributed by atoms with van der Waals surface area (Å²) in [6.45, 7) is 2.16. The first-order valence-corrected chi connectivity index (χ1v) is 8.62. The van der Waals surface area contributed by atoms with Crippen LogP contribution < -0.4 is 10.2 Å². The minimum atomic E-state index is -0.152. The number of hydrogen-bond acceptors (Lipinski definition) is 3. The highest BCUT2D eigenvalue weighted by Crippen LogP contribution is 2.29. The lowest BCUT2D eigenvalue weighted by Gasteiger charge is -2.29. The summed E-state index contributed by atoms with van der Waals surface area (Å²) in [5.74, 6) is 0.961. The van der Waals surface area contributed by atoms with Crippen molar-refractivity contribution in [2.75, 3.05) is 22.5 Å². The number of anilines is 2. The Morgan fingerprint density at radius 1 is 1.17 bits per heavy atom. The van der Waals surface area contributed by atoms with E-state index in [4.69, 9.17) is 0 Å². The fraction of sp³-hybridized carbons (Fsp3) is 0.222. The predicted molar refractivity (Wildman–Crippen MR) is 94.8 cm³/mol. The van der Waals surface area contributed by atoms with Crippen LogP contribution in [0.4, 0.5) is 11.4 Å². The molecule has 1 N–H and O–H groups in total. The van der Waals surface area contributed by atoms with Gasteiger partial charge in [-0.2, -0.15) is 0 Å². The molecule has 1 aliphatic rings. The third-order valence-corrected chi connectivity index (χ3v) is 4.78. The number of thioether (sulfide) groups is 1. The molecule has 2 amide bonds. The molecule has 0 aliphatic carbocycles. The molecule has 0 unspecified atom stereocenters. The SMILES string of the molecule is Cc1ccccc1CSCC(=O)N1CC(=O)Nc2ccccc21. The van der Waals surface area contributed by atoms with E-state index in [9.17, 15) is 9.59 Å². The van der Waals surface area contributed by atoms with Gasteiger partial charge in [0.15, 0.2) is 0 Å². The van der Waals surface area contributed by atoms with Crippen LogP contribution in [0.1, 0.15) is 11.1 Å². The Bertz CT molecular complexity index is 745. The maximum Gasteiger partial charge on any atom is 0.244 e. The van der Waals surface area contributed by atoms with Crippen LogP contribution in [0.3, 0.4) is 0 Å². The Morgan fingerprint density at radius 2 is 1.91 bits per heavy atom. The van der Waals surface area contributed by atoms with Gasteiger partial charge in [-0.25, -0.2) is 0 Å². The van der Waals surface area contributed by atoms with Gasteiger partial charge in [-0.3, -0.25) is 9.59 Å². The van der Waals surface area contributed by atoms with Gasteiger partial charge < -0.3 is 10.2 Å². The second kappa shape index (κ2) is 6.87. The quantitative estimate of drug-likeness (QED) is 0.938. The lowest BCUT2D eigenvalue weighted by atomic mass is 10.1. The molecule has 0 spiro atoms. The van der Waals surface area contributed by atoms with Gasteiger partial charge in [-0.05, 0) is 30.2 Å². The molecule has 5 heteroatoms. The van der Waals surface area contributed by atoms with Crippen molar-refractivity contribution < 1.29 is 9.59 Å². The summed E-state index contributed by atoms with van der Waals surface area (Å²) in [5.41, 5.74) is 3.94. The van der Waals surface area contributed by atoms with Crippen molar-refractivity contribution in [3.05, 3.63) is 59.7 Å². The Kier molecular flexibility index (Phi) is 4.67. The summed E-state index contributed by atoms with van der Waals surface area (Å²) in [7, 11) is 0. The molecule has 3 rings (SSSR count). The molecule has 1 aliphatic heterocycles. The lowest BCUT2D eigenvalue weighted by molar-refractivity contribution is -0.120. The fourth-order valence-electron chi connectivity index (χ4n) is 2.55. The van der Waals surface area contributed by atoms with Crippen LogP contribution in [0.2, 0.25) is 0 Å². The number of aryl methyl sites for hydroxylation is 1. The molecule has 0 saturated carbocycles. The van der Waals surface area contributed by atoms with E-state index in [-0.39, 0.29) is 18.4 Å². The van der Waals surface area contributed by atoms with E-state index in [1.54, 1.807) is 16.7 Å². The van der Waals surface area contributed by atoms with Crippen molar-refractivity contribution in [2.45, 2.75) is 12.7 Å². The molecule has 1 heterocycles. The van der Waals surface area contributed by atoms with Gasteiger partial charge in [0.2, 0.25) is 11.8 Å². The van der Waals surface area contributed by atoms with E-state index in [0.717, 1.165) is 11.4 Å². The number of nitrogens with zero attached hydrogens (tertiary/aromatic N) is 1. The van der Waals surface area contributed by atoms with Gasteiger partial charge in [-0.1, -0.05) is 36.4 Å². The van der Waals surface area contributed by atoms with Gasteiger partial charge in [0.25, 0.3) is 0 Å². The topological polar surface area (TPSA) is 49.4 Å². The maximum absolute atomic E-state index is 12.5. The molecular weight excluding hydrogens is 308 g/mol. The van der Waals surface area contributed by atoms with Crippen LogP contribution in [0.25, 0.3) is 0 Å². The molecule has 0 radical (unpaired) electrons. The molecule has 0 aromatic heterocycles. The normalized spacial score (nSPS) is 13.4. The molecule has 4 nitrogen and oxygen atoms in total. The summed E-state index contributed by atoms with van der Waals surface area (Å²) < 4.78 is 0. The Morgan fingerprint density at radius 3 is 2.74 bits per heavy atom. The summed E-state index contributed by atoms with van der Waals surface area (Å²) in [6.07, 6.45) is 0. The number of carbonyl (C=O) groups is 2. The molecule has 0 fully saturated rings. The number of rotatable bonds is 4. The van der Waals surface area contributed by atoms with Crippen LogP contribution in [0, 0.1) is 6.92 Å². The fourth-order valence-corrected chi connectivity index (χ4v) is 3.53. The second-order valence-corrected chi connectivity index (χ2v) is 6.45. The number of fused-ring (bicyclic) bond motifs is 1. The zero-order chi connectivity index (χ0) is 16.2. The average Bonchev–Trinajstić information content (AvgIpc) is 2.55. The summed E-state index contributed by atoms with van der Waals surface area (Å²) in [5, 5.41) is 2.79. The maximum atomic E-state index is 12.5. The number of amides is 2. The first-order chi connectivity index (χ1) is 11.1. The van der Waals surface area contributed by atoms with Crippen molar-refractivity contribution in [2.24, 2.45) is 0 Å². The van der Waals surface area contributed by atoms with E-state index in [1.807, 2.05) is 36.4 Å². The molecule has 0 saturated heterocycles. The number of para-hydroxylation sites is 2. The summed E-state index contributed by atoms with van der Waals surface area (Å²) in [6, 6.07) is 15.6. The molecule has 118 valence electrons. The molecule has 0 bridgehead atoms. The minimum Gasteiger partial charge on any atom is -0.323 e. The third kappa shape index (κ3) is 3.56. The van der Waals surface area contributed by atoms with Crippen LogP contribution in [0.5, 0.6) is 0 Å². The second-order valence-electron chi connectivity index (χ2n) is 5.46. The van der Waals surface area contributed by atoms with Crippen molar-refractivity contribution in [1.82, 2.24) is 0 Å². The predicted octanol–water partition coefficient (Wildman–Crippen LogP) is 3.21. The van der Waals surface area contributed by atoms with Crippen LogP contribution >= 0.6 is 11.8 Å². The highest BCUT2D eigenvalue weighted by Gasteiger charge is 2.26. The molecule has 2 aromatic rings. The van der Waals surface area contributed by atoms with Gasteiger partial charge in [0.05, 0.1) is 17.1 Å². The molecule has 2 aromatic carbocycles. The van der Waals surface area contributed by atoms with Gasteiger partial charge in [0.1, 0.15) is 6.54 Å². The van der Waals surface area contributed by atoms with Crippen LogP contribution in [0.15, 0.2) is 48.5 Å². The molecule has 23 heavy (non-hydrogen) atoms. The standard InChI is InChI=1S/C18H18N2O2S/c1-13-6-2-3-7-14(13)11-23-12-18(22)20-10-17(21)19-15-8-4-5-9-16(15)20/h2-9H,10-12H2,1H3,(H,19,21). The molecule has 0 atom stereocenters. The smallest absolute Gasteiger partial charge is 0.244 e. The summed E-state index contributed by atoms with van der Waals surface area (Å²) >= 11 is 1.58. The first-order valence-electron chi connectivity index (χ1n) is 7.46. The monoisotopic (exact) mass is 326 g/mol.